The molecule has 0 saturated carbocycles. The molecule has 0 aliphatic rings. The molecule has 0 atom stereocenters. The van der Waals surface area contributed by atoms with Crippen LogP contribution in [-0.4, -0.2) is 0 Å². The summed E-state index contributed by atoms with van der Waals surface area (Å²) in [5.41, 5.74) is 13.2. The highest BCUT2D eigenvalue weighted by atomic mass is 16.3. The molecule has 2 N–H and O–H groups in total. The van der Waals surface area contributed by atoms with E-state index in [0.29, 0.717) is 0 Å². The number of furan rings is 1. The maximum Gasteiger partial charge on any atom is 0.136 e. The van der Waals surface area contributed by atoms with E-state index in [9.17, 15) is 0 Å². The first-order chi connectivity index (χ1) is 14.8. The maximum atomic E-state index is 6.07. The molecule has 1 heterocycles. The van der Waals surface area contributed by atoms with Gasteiger partial charge in [-0.05, 0) is 69.4 Å². The summed E-state index contributed by atoms with van der Waals surface area (Å²) in [5.74, 6) is 0. The fourth-order valence-corrected chi connectivity index (χ4v) is 4.28. The summed E-state index contributed by atoms with van der Waals surface area (Å²) in [6, 6.07) is 35.8. The molecule has 6 rings (SSSR count). The number of hydrogen-bond donors (Lipinski definition) is 1. The lowest BCUT2D eigenvalue weighted by molar-refractivity contribution is 0.669. The Morgan fingerprint density at radius 3 is 2.03 bits per heavy atom. The van der Waals surface area contributed by atoms with E-state index >= 15 is 0 Å². The fraction of sp³-hybridized carbons (Fsp3) is 0. The van der Waals surface area contributed by atoms with Crippen molar-refractivity contribution >= 4 is 38.4 Å². The lowest BCUT2D eigenvalue weighted by Crippen LogP contribution is -1.85. The van der Waals surface area contributed by atoms with Crippen LogP contribution < -0.4 is 5.73 Å². The number of rotatable bonds is 2. The van der Waals surface area contributed by atoms with Crippen LogP contribution in [-0.2, 0) is 0 Å². The highest BCUT2D eigenvalue weighted by molar-refractivity contribution is 6.12. The van der Waals surface area contributed by atoms with Crippen molar-refractivity contribution < 1.29 is 4.42 Å². The smallest absolute Gasteiger partial charge is 0.136 e. The predicted octanol–water partition coefficient (Wildman–Crippen LogP) is 7.66. The van der Waals surface area contributed by atoms with Gasteiger partial charge in [0.25, 0.3) is 0 Å². The SMILES string of the molecule is Nc1ccc(-c2ccc3cc(-c4cccc5oc6ccccc6c45)ccc3c2)cc1. The van der Waals surface area contributed by atoms with Crippen LogP contribution in [0.3, 0.4) is 0 Å². The molecule has 0 unspecified atom stereocenters. The first kappa shape index (κ1) is 16.9. The number of hydrogen-bond acceptors (Lipinski definition) is 2. The van der Waals surface area contributed by atoms with Crippen molar-refractivity contribution in [1.82, 2.24) is 0 Å². The molecule has 2 heteroatoms. The average Bonchev–Trinajstić information content (AvgIpc) is 3.18. The Hall–Kier alpha value is -4.04. The van der Waals surface area contributed by atoms with E-state index in [1.54, 1.807) is 0 Å². The molecule has 5 aromatic carbocycles. The molecule has 0 fully saturated rings. The number of para-hydroxylation sites is 1. The molecule has 1 aromatic heterocycles. The molecule has 0 amide bonds. The van der Waals surface area contributed by atoms with Gasteiger partial charge in [0.15, 0.2) is 0 Å². The van der Waals surface area contributed by atoms with E-state index in [1.807, 2.05) is 30.3 Å². The van der Waals surface area contributed by atoms with Gasteiger partial charge in [-0.15, -0.1) is 0 Å². The Balaban J connectivity index is 1.51. The molecular formula is C28H19NO. The molecule has 142 valence electrons. The van der Waals surface area contributed by atoms with Gasteiger partial charge in [0.2, 0.25) is 0 Å². The second-order valence-corrected chi connectivity index (χ2v) is 7.68. The molecular weight excluding hydrogens is 366 g/mol. The van der Waals surface area contributed by atoms with E-state index in [2.05, 4.69) is 72.8 Å². The van der Waals surface area contributed by atoms with Gasteiger partial charge in [0, 0.05) is 16.5 Å². The van der Waals surface area contributed by atoms with E-state index in [0.717, 1.165) is 22.2 Å². The van der Waals surface area contributed by atoms with Crippen LogP contribution >= 0.6 is 0 Å². The second-order valence-electron chi connectivity index (χ2n) is 7.68. The summed E-state index contributed by atoms with van der Waals surface area (Å²) < 4.78 is 6.07. The fourth-order valence-electron chi connectivity index (χ4n) is 4.28. The number of nitrogen functional groups attached to an aromatic ring is 1. The zero-order chi connectivity index (χ0) is 20.1. The van der Waals surface area contributed by atoms with Crippen molar-refractivity contribution in [2.24, 2.45) is 0 Å². The van der Waals surface area contributed by atoms with Gasteiger partial charge >= 0.3 is 0 Å². The number of benzene rings is 5. The van der Waals surface area contributed by atoms with Gasteiger partial charge in [0.05, 0.1) is 0 Å². The minimum Gasteiger partial charge on any atom is -0.456 e. The van der Waals surface area contributed by atoms with Crippen LogP contribution in [0.1, 0.15) is 0 Å². The highest BCUT2D eigenvalue weighted by Crippen LogP contribution is 2.37. The molecule has 0 bridgehead atoms. The van der Waals surface area contributed by atoms with Gasteiger partial charge in [0.1, 0.15) is 11.2 Å². The average molecular weight is 385 g/mol. The summed E-state index contributed by atoms with van der Waals surface area (Å²) in [5, 5.41) is 4.77. The first-order valence-corrected chi connectivity index (χ1v) is 10.1. The second kappa shape index (κ2) is 6.50. The number of fused-ring (bicyclic) bond motifs is 4. The van der Waals surface area contributed by atoms with Gasteiger partial charge < -0.3 is 10.2 Å². The highest BCUT2D eigenvalue weighted by Gasteiger charge is 2.12. The molecule has 0 saturated heterocycles. The lowest BCUT2D eigenvalue weighted by atomic mass is 9.95. The normalized spacial score (nSPS) is 11.5. The summed E-state index contributed by atoms with van der Waals surface area (Å²) in [7, 11) is 0. The van der Waals surface area contributed by atoms with E-state index in [-0.39, 0.29) is 0 Å². The molecule has 0 aliphatic heterocycles. The molecule has 30 heavy (non-hydrogen) atoms. The van der Waals surface area contributed by atoms with Gasteiger partial charge in [-0.2, -0.15) is 0 Å². The van der Waals surface area contributed by atoms with Crippen LogP contribution in [0.5, 0.6) is 0 Å². The first-order valence-electron chi connectivity index (χ1n) is 10.1. The third-order valence-electron chi connectivity index (χ3n) is 5.80. The standard InChI is InChI=1S/C28H19NO/c29-23-14-12-18(13-15-23)19-8-9-21-17-22(11-10-20(21)16-19)24-5-3-7-27-28(24)25-4-1-2-6-26(25)30-27/h1-17H,29H2. The minimum absolute atomic E-state index is 0.783. The van der Waals surface area contributed by atoms with Crippen LogP contribution in [0.2, 0.25) is 0 Å². The number of nitrogens with two attached hydrogens (primary N) is 1. The Morgan fingerprint density at radius 1 is 0.533 bits per heavy atom. The molecule has 0 radical (unpaired) electrons. The van der Waals surface area contributed by atoms with Crippen molar-refractivity contribution in [3.63, 3.8) is 0 Å². The van der Waals surface area contributed by atoms with Crippen molar-refractivity contribution in [2.45, 2.75) is 0 Å². The van der Waals surface area contributed by atoms with Crippen LogP contribution in [0.15, 0.2) is 108 Å². The van der Waals surface area contributed by atoms with Crippen molar-refractivity contribution in [3.05, 3.63) is 103 Å². The lowest BCUT2D eigenvalue weighted by Gasteiger charge is -2.08. The molecule has 2 nitrogen and oxygen atoms in total. The largest absolute Gasteiger partial charge is 0.456 e. The zero-order valence-corrected chi connectivity index (χ0v) is 16.3. The van der Waals surface area contributed by atoms with Gasteiger partial charge in [-0.25, -0.2) is 0 Å². The van der Waals surface area contributed by atoms with E-state index in [4.69, 9.17) is 10.2 Å². The maximum absolute atomic E-state index is 6.07. The monoisotopic (exact) mass is 385 g/mol. The van der Waals surface area contributed by atoms with Crippen molar-refractivity contribution in [1.29, 1.82) is 0 Å². The van der Waals surface area contributed by atoms with Crippen LogP contribution in [0.25, 0.3) is 55.0 Å². The predicted molar refractivity (Wildman–Crippen MR) is 127 cm³/mol. The Morgan fingerprint density at radius 2 is 1.20 bits per heavy atom. The molecule has 0 spiro atoms. The summed E-state index contributed by atoms with van der Waals surface area (Å²) >= 11 is 0. The summed E-state index contributed by atoms with van der Waals surface area (Å²) in [4.78, 5) is 0. The number of anilines is 1. The zero-order valence-electron chi connectivity index (χ0n) is 16.3. The van der Waals surface area contributed by atoms with E-state index < -0.39 is 0 Å². The van der Waals surface area contributed by atoms with Crippen LogP contribution in [0, 0.1) is 0 Å². The van der Waals surface area contributed by atoms with Gasteiger partial charge in [-0.3, -0.25) is 0 Å². The van der Waals surface area contributed by atoms with Crippen LogP contribution in [0.4, 0.5) is 5.69 Å². The van der Waals surface area contributed by atoms with Gasteiger partial charge in [-0.1, -0.05) is 66.7 Å². The minimum atomic E-state index is 0.783. The topological polar surface area (TPSA) is 39.2 Å². The third kappa shape index (κ3) is 2.66. The van der Waals surface area contributed by atoms with Crippen molar-refractivity contribution in [2.75, 3.05) is 5.73 Å². The summed E-state index contributed by atoms with van der Waals surface area (Å²) in [6.45, 7) is 0. The molecule has 0 aliphatic carbocycles. The Labute approximate surface area is 174 Å². The quantitative estimate of drug-likeness (QED) is 0.311. The van der Waals surface area contributed by atoms with Crippen molar-refractivity contribution in [3.8, 4) is 22.3 Å². The Kier molecular flexibility index (Phi) is 3.65. The third-order valence-corrected chi connectivity index (χ3v) is 5.80. The molecule has 6 aromatic rings. The van der Waals surface area contributed by atoms with E-state index in [1.165, 1.54) is 38.4 Å². The summed E-state index contributed by atoms with van der Waals surface area (Å²) in [6.07, 6.45) is 0. The Bertz CT molecular complexity index is 1540.